The fourth-order valence-corrected chi connectivity index (χ4v) is 4.39. The predicted octanol–water partition coefficient (Wildman–Crippen LogP) is 4.80. The summed E-state index contributed by atoms with van der Waals surface area (Å²) in [4.78, 5) is 27.1. The average molecular weight is 415 g/mol. The lowest BCUT2D eigenvalue weighted by Crippen LogP contribution is -2.43. The van der Waals surface area contributed by atoms with Gasteiger partial charge in [0, 0.05) is 18.5 Å². The number of benzene rings is 1. The zero-order valence-corrected chi connectivity index (χ0v) is 18.1. The molecular weight excluding hydrogens is 384 g/mol. The number of rotatable bonds is 9. The maximum atomic E-state index is 12.8. The maximum absolute atomic E-state index is 12.8. The summed E-state index contributed by atoms with van der Waals surface area (Å²) in [7, 11) is 0. The molecule has 29 heavy (non-hydrogen) atoms. The first-order valence-electron chi connectivity index (χ1n) is 10.6. The van der Waals surface area contributed by atoms with Crippen LogP contribution in [0.4, 0.5) is 5.13 Å². The van der Waals surface area contributed by atoms with Crippen molar-refractivity contribution in [3.8, 4) is 10.6 Å². The van der Waals surface area contributed by atoms with E-state index in [-0.39, 0.29) is 11.8 Å². The van der Waals surface area contributed by atoms with E-state index in [1.54, 1.807) is 4.90 Å². The van der Waals surface area contributed by atoms with Crippen LogP contribution in [-0.2, 0) is 9.59 Å². The van der Waals surface area contributed by atoms with E-state index in [0.717, 1.165) is 29.8 Å². The fourth-order valence-electron chi connectivity index (χ4n) is 3.64. The Bertz CT molecular complexity index is 818. The van der Waals surface area contributed by atoms with Crippen LogP contribution in [0.25, 0.3) is 10.6 Å². The minimum absolute atomic E-state index is 0.0942. The van der Waals surface area contributed by atoms with Crippen LogP contribution in [0.3, 0.4) is 0 Å². The van der Waals surface area contributed by atoms with Gasteiger partial charge in [0.2, 0.25) is 16.9 Å². The van der Waals surface area contributed by atoms with Crippen LogP contribution < -0.4 is 5.32 Å². The monoisotopic (exact) mass is 414 g/mol. The van der Waals surface area contributed by atoms with Gasteiger partial charge in [-0.15, -0.1) is 10.2 Å². The van der Waals surface area contributed by atoms with E-state index in [9.17, 15) is 9.59 Å². The van der Waals surface area contributed by atoms with Crippen LogP contribution in [0.15, 0.2) is 24.3 Å². The van der Waals surface area contributed by atoms with Crippen molar-refractivity contribution in [2.75, 3.05) is 11.9 Å². The third kappa shape index (κ3) is 5.85. The topological polar surface area (TPSA) is 75.2 Å². The molecule has 2 aromatic rings. The molecule has 0 saturated carbocycles. The summed E-state index contributed by atoms with van der Waals surface area (Å²) in [6, 6.07) is 7.65. The van der Waals surface area contributed by atoms with Gasteiger partial charge in [-0.2, -0.15) is 0 Å². The van der Waals surface area contributed by atoms with Crippen LogP contribution >= 0.6 is 11.3 Å². The van der Waals surface area contributed by atoms with Gasteiger partial charge in [0.05, 0.1) is 0 Å². The molecule has 6 nitrogen and oxygen atoms in total. The largest absolute Gasteiger partial charge is 0.331 e. The van der Waals surface area contributed by atoms with Crippen LogP contribution in [0.1, 0.15) is 63.9 Å². The van der Waals surface area contributed by atoms with Crippen LogP contribution in [0.2, 0.25) is 0 Å². The van der Waals surface area contributed by atoms with Crippen molar-refractivity contribution in [1.29, 1.82) is 0 Å². The minimum Gasteiger partial charge on any atom is -0.331 e. The van der Waals surface area contributed by atoms with E-state index in [1.807, 2.05) is 31.2 Å². The normalized spacial score (nSPS) is 16.2. The SMILES string of the molecule is CCCCCCCC(=O)N1CCCC1C(=O)Nc1nnc(-c2ccc(C)cc2)s1. The Kier molecular flexibility index (Phi) is 7.75. The van der Waals surface area contributed by atoms with Crippen LogP contribution in [0.5, 0.6) is 0 Å². The summed E-state index contributed by atoms with van der Waals surface area (Å²) in [6.45, 7) is 4.88. The molecular formula is C22H30N4O2S. The molecule has 2 amide bonds. The standard InChI is InChI=1S/C22H30N4O2S/c1-3-4-5-6-7-10-19(27)26-15-8-9-18(26)20(28)23-22-25-24-21(29-22)17-13-11-16(2)12-14-17/h11-14,18H,3-10,15H2,1-2H3,(H,23,25,28). The summed E-state index contributed by atoms with van der Waals surface area (Å²) in [6.07, 6.45) is 7.67. The quantitative estimate of drug-likeness (QED) is 0.598. The van der Waals surface area contributed by atoms with E-state index in [0.29, 0.717) is 24.5 Å². The second-order valence-electron chi connectivity index (χ2n) is 7.68. The van der Waals surface area contributed by atoms with E-state index >= 15 is 0 Å². The smallest absolute Gasteiger partial charge is 0.249 e. The van der Waals surface area contributed by atoms with Gasteiger partial charge in [-0.1, -0.05) is 73.8 Å². The van der Waals surface area contributed by atoms with Crippen molar-refractivity contribution in [2.45, 2.75) is 71.3 Å². The average Bonchev–Trinajstić information content (AvgIpc) is 3.38. The Morgan fingerprint density at radius 3 is 2.66 bits per heavy atom. The molecule has 0 spiro atoms. The number of nitrogens with one attached hydrogen (secondary N) is 1. The van der Waals surface area contributed by atoms with Gasteiger partial charge in [0.1, 0.15) is 11.0 Å². The van der Waals surface area contributed by atoms with Crippen LogP contribution in [0, 0.1) is 6.92 Å². The highest BCUT2D eigenvalue weighted by Gasteiger charge is 2.34. The highest BCUT2D eigenvalue weighted by Crippen LogP contribution is 2.27. The number of hydrogen-bond donors (Lipinski definition) is 1. The van der Waals surface area contributed by atoms with E-state index < -0.39 is 6.04 Å². The van der Waals surface area contributed by atoms with Crippen molar-refractivity contribution in [2.24, 2.45) is 0 Å². The summed E-state index contributed by atoms with van der Waals surface area (Å²) in [5.74, 6) is -0.0646. The zero-order chi connectivity index (χ0) is 20.6. The van der Waals surface area contributed by atoms with Gasteiger partial charge in [-0.25, -0.2) is 0 Å². The summed E-state index contributed by atoms with van der Waals surface area (Å²) in [5.41, 5.74) is 2.16. The molecule has 1 saturated heterocycles. The van der Waals surface area contributed by atoms with Crippen molar-refractivity contribution in [1.82, 2.24) is 15.1 Å². The molecule has 1 aromatic heterocycles. The third-order valence-electron chi connectivity index (χ3n) is 5.32. The molecule has 3 rings (SSSR count). The first-order valence-corrected chi connectivity index (χ1v) is 11.4. The second-order valence-corrected chi connectivity index (χ2v) is 8.65. The van der Waals surface area contributed by atoms with E-state index in [1.165, 1.54) is 36.2 Å². The lowest BCUT2D eigenvalue weighted by Gasteiger charge is -2.23. The van der Waals surface area contributed by atoms with E-state index in [4.69, 9.17) is 0 Å². The van der Waals surface area contributed by atoms with Crippen LogP contribution in [-0.4, -0.2) is 39.5 Å². The Morgan fingerprint density at radius 2 is 1.90 bits per heavy atom. The first-order chi connectivity index (χ1) is 14.1. The lowest BCUT2D eigenvalue weighted by molar-refractivity contribution is -0.136. The summed E-state index contributed by atoms with van der Waals surface area (Å²) >= 11 is 1.35. The molecule has 0 radical (unpaired) electrons. The summed E-state index contributed by atoms with van der Waals surface area (Å²) < 4.78 is 0. The Balaban J connectivity index is 1.54. The molecule has 1 fully saturated rings. The Morgan fingerprint density at radius 1 is 1.14 bits per heavy atom. The third-order valence-corrected chi connectivity index (χ3v) is 6.21. The number of amides is 2. The molecule has 1 aromatic carbocycles. The molecule has 1 aliphatic rings. The maximum Gasteiger partial charge on any atom is 0.249 e. The van der Waals surface area contributed by atoms with Gasteiger partial charge in [-0.05, 0) is 26.2 Å². The molecule has 1 N–H and O–H groups in total. The number of nitrogens with zero attached hydrogens (tertiary/aromatic N) is 3. The molecule has 1 unspecified atom stereocenters. The molecule has 1 atom stereocenters. The van der Waals surface area contributed by atoms with Gasteiger partial charge in [0.15, 0.2) is 0 Å². The first kappa shape index (κ1) is 21.4. The number of unbranched alkanes of at least 4 members (excludes halogenated alkanes) is 4. The van der Waals surface area contributed by atoms with Crippen molar-refractivity contribution in [3.05, 3.63) is 29.8 Å². The molecule has 156 valence electrons. The molecule has 1 aliphatic heterocycles. The number of aryl methyl sites for hydroxylation is 1. The number of carbonyl (C=O) groups is 2. The fraction of sp³-hybridized carbons (Fsp3) is 0.545. The minimum atomic E-state index is -0.398. The number of hydrogen-bond acceptors (Lipinski definition) is 5. The van der Waals surface area contributed by atoms with Gasteiger partial charge >= 0.3 is 0 Å². The zero-order valence-electron chi connectivity index (χ0n) is 17.3. The van der Waals surface area contributed by atoms with Gasteiger partial charge < -0.3 is 4.90 Å². The highest BCUT2D eigenvalue weighted by atomic mass is 32.1. The number of likely N-dealkylation sites (tertiary alicyclic amines) is 1. The number of aromatic nitrogens is 2. The van der Waals surface area contributed by atoms with Crippen molar-refractivity contribution >= 4 is 28.3 Å². The molecule has 2 heterocycles. The van der Waals surface area contributed by atoms with Crippen molar-refractivity contribution in [3.63, 3.8) is 0 Å². The van der Waals surface area contributed by atoms with Gasteiger partial charge in [0.25, 0.3) is 0 Å². The summed E-state index contributed by atoms with van der Waals surface area (Å²) in [5, 5.41) is 12.4. The van der Waals surface area contributed by atoms with E-state index in [2.05, 4.69) is 22.4 Å². The highest BCUT2D eigenvalue weighted by molar-refractivity contribution is 7.18. The molecule has 7 heteroatoms. The Labute approximate surface area is 176 Å². The number of carbonyl (C=O) groups excluding carboxylic acids is 2. The molecule has 0 bridgehead atoms. The number of anilines is 1. The molecule has 0 aliphatic carbocycles. The Hall–Kier alpha value is -2.28. The second kappa shape index (κ2) is 10.5. The predicted molar refractivity (Wildman–Crippen MR) is 117 cm³/mol. The van der Waals surface area contributed by atoms with Crippen molar-refractivity contribution < 1.29 is 9.59 Å². The van der Waals surface area contributed by atoms with Gasteiger partial charge in [-0.3, -0.25) is 14.9 Å². The lowest BCUT2D eigenvalue weighted by atomic mass is 10.1.